The summed E-state index contributed by atoms with van der Waals surface area (Å²) in [6.07, 6.45) is 0. The summed E-state index contributed by atoms with van der Waals surface area (Å²) in [4.78, 5) is 1.93. The van der Waals surface area contributed by atoms with Crippen molar-refractivity contribution in [2.24, 2.45) is 0 Å². The molecule has 0 amide bonds. The van der Waals surface area contributed by atoms with Crippen molar-refractivity contribution in [3.8, 4) is 0 Å². The molecule has 0 saturated carbocycles. The molecular formula is C16H18BrN3. The fraction of sp³-hybridized carbons (Fsp3) is 0.188. The maximum absolute atomic E-state index is 8.02. The van der Waals surface area contributed by atoms with Crippen molar-refractivity contribution in [1.82, 2.24) is 10.2 Å². The smallest absolute Gasteiger partial charge is 0.191 e. The van der Waals surface area contributed by atoms with E-state index in [4.69, 9.17) is 5.41 Å². The Morgan fingerprint density at radius 3 is 2.15 bits per heavy atom. The molecule has 0 aliphatic carbocycles. The molecule has 2 rings (SSSR count). The lowest BCUT2D eigenvalue weighted by atomic mass is 9.98. The fourth-order valence-corrected chi connectivity index (χ4v) is 2.49. The molecule has 2 aromatic carbocycles. The molecule has 104 valence electrons. The molecule has 20 heavy (non-hydrogen) atoms. The highest BCUT2D eigenvalue weighted by Crippen LogP contribution is 2.28. The van der Waals surface area contributed by atoms with Crippen molar-refractivity contribution in [2.45, 2.75) is 6.04 Å². The molecule has 0 fully saturated rings. The minimum Gasteiger partial charge on any atom is -0.359 e. The van der Waals surface area contributed by atoms with E-state index in [1.54, 1.807) is 7.05 Å². The zero-order chi connectivity index (χ0) is 14.5. The first-order valence-electron chi connectivity index (χ1n) is 6.43. The van der Waals surface area contributed by atoms with Crippen LogP contribution in [0.4, 0.5) is 0 Å². The first-order valence-corrected chi connectivity index (χ1v) is 7.22. The Hall–Kier alpha value is -1.81. The van der Waals surface area contributed by atoms with Gasteiger partial charge in [0.2, 0.25) is 0 Å². The van der Waals surface area contributed by atoms with E-state index in [1.807, 2.05) is 42.3 Å². The molecule has 0 spiro atoms. The summed E-state index contributed by atoms with van der Waals surface area (Å²) in [7, 11) is 3.70. The maximum atomic E-state index is 8.02. The largest absolute Gasteiger partial charge is 0.359 e. The highest BCUT2D eigenvalue weighted by Gasteiger charge is 2.20. The molecule has 1 unspecified atom stereocenters. The van der Waals surface area contributed by atoms with E-state index in [-0.39, 0.29) is 6.04 Å². The zero-order valence-electron chi connectivity index (χ0n) is 11.6. The summed E-state index contributed by atoms with van der Waals surface area (Å²) < 4.78 is 1.06. The van der Waals surface area contributed by atoms with Crippen molar-refractivity contribution >= 4 is 21.9 Å². The Labute approximate surface area is 128 Å². The second kappa shape index (κ2) is 6.57. The first-order chi connectivity index (χ1) is 9.63. The Bertz CT molecular complexity index is 566. The van der Waals surface area contributed by atoms with E-state index in [2.05, 4.69) is 45.5 Å². The lowest BCUT2D eigenvalue weighted by Crippen LogP contribution is -2.38. The van der Waals surface area contributed by atoms with E-state index in [9.17, 15) is 0 Å². The summed E-state index contributed by atoms with van der Waals surface area (Å²) in [5.41, 5.74) is 2.32. The summed E-state index contributed by atoms with van der Waals surface area (Å²) >= 11 is 3.46. The van der Waals surface area contributed by atoms with Gasteiger partial charge in [0.15, 0.2) is 5.96 Å². The zero-order valence-corrected chi connectivity index (χ0v) is 13.2. The van der Waals surface area contributed by atoms with Gasteiger partial charge in [0.25, 0.3) is 0 Å². The monoisotopic (exact) mass is 331 g/mol. The molecule has 0 aromatic heterocycles. The average Bonchev–Trinajstić information content (AvgIpc) is 2.49. The molecule has 0 saturated heterocycles. The Morgan fingerprint density at radius 1 is 1.05 bits per heavy atom. The van der Waals surface area contributed by atoms with Gasteiger partial charge in [0.1, 0.15) is 0 Å². The molecule has 1 atom stereocenters. The third-order valence-electron chi connectivity index (χ3n) is 3.28. The number of benzene rings is 2. The predicted octanol–water partition coefficient (Wildman–Crippen LogP) is 3.62. The van der Waals surface area contributed by atoms with Crippen molar-refractivity contribution in [2.75, 3.05) is 14.1 Å². The van der Waals surface area contributed by atoms with Crippen molar-refractivity contribution < 1.29 is 0 Å². The summed E-state index contributed by atoms with van der Waals surface area (Å²) in [5.74, 6) is 0.391. The van der Waals surface area contributed by atoms with E-state index < -0.39 is 0 Å². The van der Waals surface area contributed by atoms with Crippen LogP contribution in [0.1, 0.15) is 17.2 Å². The highest BCUT2D eigenvalue weighted by molar-refractivity contribution is 9.10. The van der Waals surface area contributed by atoms with Gasteiger partial charge in [0.05, 0.1) is 6.04 Å². The third kappa shape index (κ3) is 3.20. The van der Waals surface area contributed by atoms with Gasteiger partial charge in [-0.3, -0.25) is 5.41 Å². The maximum Gasteiger partial charge on any atom is 0.191 e. The molecule has 0 aliphatic rings. The van der Waals surface area contributed by atoms with Crippen molar-refractivity contribution in [3.63, 3.8) is 0 Å². The topological polar surface area (TPSA) is 39.1 Å². The minimum absolute atomic E-state index is 0.0178. The quantitative estimate of drug-likeness (QED) is 0.666. The Morgan fingerprint density at radius 2 is 1.60 bits per heavy atom. The number of halogens is 1. The lowest BCUT2D eigenvalue weighted by molar-refractivity contribution is 0.412. The molecule has 3 nitrogen and oxygen atoms in total. The Kier molecular flexibility index (Phi) is 4.79. The standard InChI is InChI=1S/C16H18BrN3/c1-19-16(18)20(2)15(12-6-4-3-5-7-12)13-8-10-14(17)11-9-13/h3-11,15H,1-2H3,(H2,18,19). The molecule has 0 radical (unpaired) electrons. The number of nitrogens with one attached hydrogen (secondary N) is 2. The summed E-state index contributed by atoms with van der Waals surface area (Å²) in [6, 6.07) is 18.5. The summed E-state index contributed by atoms with van der Waals surface area (Å²) in [5, 5.41) is 10.9. The summed E-state index contributed by atoms with van der Waals surface area (Å²) in [6.45, 7) is 0. The van der Waals surface area contributed by atoms with E-state index >= 15 is 0 Å². The molecule has 2 N–H and O–H groups in total. The van der Waals surface area contributed by atoms with Crippen LogP contribution >= 0.6 is 15.9 Å². The number of guanidine groups is 1. The van der Waals surface area contributed by atoms with Gasteiger partial charge < -0.3 is 10.2 Å². The van der Waals surface area contributed by atoms with Crippen LogP contribution in [0.5, 0.6) is 0 Å². The van der Waals surface area contributed by atoms with Crippen LogP contribution in [0.2, 0.25) is 0 Å². The van der Waals surface area contributed by atoms with Gasteiger partial charge in [-0.1, -0.05) is 58.4 Å². The molecule has 4 heteroatoms. The van der Waals surface area contributed by atoms with Crippen LogP contribution in [0.3, 0.4) is 0 Å². The lowest BCUT2D eigenvalue weighted by Gasteiger charge is -2.30. The molecule has 0 heterocycles. The average molecular weight is 332 g/mol. The van der Waals surface area contributed by atoms with Crippen LogP contribution in [-0.4, -0.2) is 25.0 Å². The van der Waals surface area contributed by atoms with Crippen LogP contribution in [-0.2, 0) is 0 Å². The van der Waals surface area contributed by atoms with Crippen molar-refractivity contribution in [3.05, 3.63) is 70.2 Å². The van der Waals surface area contributed by atoms with Gasteiger partial charge in [-0.05, 0) is 23.3 Å². The van der Waals surface area contributed by atoms with Gasteiger partial charge in [-0.25, -0.2) is 0 Å². The van der Waals surface area contributed by atoms with Crippen LogP contribution in [0, 0.1) is 5.41 Å². The fourth-order valence-electron chi connectivity index (χ4n) is 2.23. The van der Waals surface area contributed by atoms with Gasteiger partial charge in [0, 0.05) is 18.6 Å². The molecule has 0 aliphatic heterocycles. The van der Waals surface area contributed by atoms with Crippen LogP contribution in [0.15, 0.2) is 59.1 Å². The SMILES string of the molecule is CNC(=N)N(C)C(c1ccccc1)c1ccc(Br)cc1. The Balaban J connectivity index is 2.44. The van der Waals surface area contributed by atoms with E-state index in [1.165, 1.54) is 0 Å². The van der Waals surface area contributed by atoms with Gasteiger partial charge in [-0.2, -0.15) is 0 Å². The number of hydrogen-bond donors (Lipinski definition) is 2. The molecule has 0 bridgehead atoms. The van der Waals surface area contributed by atoms with Crippen LogP contribution in [0.25, 0.3) is 0 Å². The molecular weight excluding hydrogens is 314 g/mol. The number of nitrogens with zero attached hydrogens (tertiary/aromatic N) is 1. The van der Waals surface area contributed by atoms with E-state index in [0.717, 1.165) is 15.6 Å². The number of hydrogen-bond acceptors (Lipinski definition) is 1. The van der Waals surface area contributed by atoms with Gasteiger partial charge >= 0.3 is 0 Å². The molecule has 2 aromatic rings. The third-order valence-corrected chi connectivity index (χ3v) is 3.81. The second-order valence-corrected chi connectivity index (χ2v) is 5.49. The van der Waals surface area contributed by atoms with Gasteiger partial charge in [-0.15, -0.1) is 0 Å². The van der Waals surface area contributed by atoms with Crippen molar-refractivity contribution in [1.29, 1.82) is 5.41 Å². The normalized spacial score (nSPS) is 11.8. The van der Waals surface area contributed by atoms with E-state index in [0.29, 0.717) is 5.96 Å². The first kappa shape index (κ1) is 14.6. The second-order valence-electron chi connectivity index (χ2n) is 4.57. The van der Waals surface area contributed by atoms with Crippen LogP contribution < -0.4 is 5.32 Å². The highest BCUT2D eigenvalue weighted by atomic mass is 79.9. The predicted molar refractivity (Wildman–Crippen MR) is 87.0 cm³/mol. The minimum atomic E-state index is 0.0178. The number of rotatable bonds is 3.